The highest BCUT2D eigenvalue weighted by Gasteiger charge is 2.43. The molecule has 0 aromatic rings. The SMILES string of the molecule is NC(=O)OCCCC[C@H](N)C(=O)NCCO[C@H]1O[C@H](CO)[C@@H](O)[C@H](O)[C@@H]1O. The molecule has 158 valence electrons. The van der Waals surface area contributed by atoms with Crippen molar-refractivity contribution in [2.45, 2.75) is 56.0 Å². The number of carbonyl (C=O) groups is 2. The summed E-state index contributed by atoms with van der Waals surface area (Å²) in [6.07, 6.45) is -6.15. The van der Waals surface area contributed by atoms with E-state index >= 15 is 0 Å². The Morgan fingerprint density at radius 3 is 2.44 bits per heavy atom. The molecule has 1 aliphatic rings. The van der Waals surface area contributed by atoms with Gasteiger partial charge >= 0.3 is 6.09 Å². The van der Waals surface area contributed by atoms with Gasteiger partial charge in [-0.2, -0.15) is 0 Å². The van der Waals surface area contributed by atoms with E-state index in [2.05, 4.69) is 10.1 Å². The Morgan fingerprint density at radius 1 is 1.11 bits per heavy atom. The minimum absolute atomic E-state index is 0.0480. The van der Waals surface area contributed by atoms with Crippen LogP contribution in [0.3, 0.4) is 0 Å². The molecule has 6 atom stereocenters. The summed E-state index contributed by atoms with van der Waals surface area (Å²) in [6, 6.07) is -0.745. The molecular weight excluding hydrogens is 366 g/mol. The molecule has 0 bridgehead atoms. The van der Waals surface area contributed by atoms with Crippen LogP contribution in [0.25, 0.3) is 0 Å². The summed E-state index contributed by atoms with van der Waals surface area (Å²) in [5, 5.41) is 40.7. The summed E-state index contributed by atoms with van der Waals surface area (Å²) < 4.78 is 15.0. The van der Waals surface area contributed by atoms with Crippen LogP contribution in [0, 0.1) is 0 Å². The van der Waals surface area contributed by atoms with Gasteiger partial charge in [0.15, 0.2) is 6.29 Å². The van der Waals surface area contributed by atoms with Gasteiger partial charge in [0.05, 0.1) is 25.9 Å². The highest BCUT2D eigenvalue weighted by Crippen LogP contribution is 2.21. The van der Waals surface area contributed by atoms with Gasteiger partial charge in [-0.15, -0.1) is 0 Å². The molecule has 2 amide bonds. The lowest BCUT2D eigenvalue weighted by Gasteiger charge is -2.39. The minimum Gasteiger partial charge on any atom is -0.450 e. The van der Waals surface area contributed by atoms with E-state index in [0.717, 1.165) is 0 Å². The monoisotopic (exact) mass is 395 g/mol. The number of amides is 2. The largest absolute Gasteiger partial charge is 0.450 e. The summed E-state index contributed by atoms with van der Waals surface area (Å²) in [7, 11) is 0. The Balaban J connectivity index is 2.20. The summed E-state index contributed by atoms with van der Waals surface area (Å²) in [5.74, 6) is -0.400. The number of hydrogen-bond acceptors (Lipinski definition) is 10. The summed E-state index contributed by atoms with van der Waals surface area (Å²) in [4.78, 5) is 22.2. The predicted molar refractivity (Wildman–Crippen MR) is 90.1 cm³/mol. The predicted octanol–water partition coefficient (Wildman–Crippen LogP) is -3.49. The molecule has 1 rings (SSSR count). The lowest BCUT2D eigenvalue weighted by atomic mass is 9.99. The Bertz CT molecular complexity index is 466. The fourth-order valence-electron chi connectivity index (χ4n) is 2.46. The molecular formula is C15H29N3O9. The number of nitrogens with two attached hydrogens (primary N) is 2. The summed E-state index contributed by atoms with van der Waals surface area (Å²) in [6.45, 7) is -0.364. The molecule has 0 saturated carbocycles. The van der Waals surface area contributed by atoms with Gasteiger partial charge < -0.3 is 51.4 Å². The quantitative estimate of drug-likeness (QED) is 0.172. The minimum atomic E-state index is -1.53. The first kappa shape index (κ1) is 23.5. The number of aliphatic hydroxyl groups is 4. The fourth-order valence-corrected chi connectivity index (χ4v) is 2.46. The highest BCUT2D eigenvalue weighted by atomic mass is 16.7. The van der Waals surface area contributed by atoms with E-state index in [1.807, 2.05) is 0 Å². The maximum Gasteiger partial charge on any atom is 0.404 e. The molecule has 0 aromatic heterocycles. The van der Waals surface area contributed by atoms with E-state index in [1.165, 1.54) is 0 Å². The zero-order valence-electron chi connectivity index (χ0n) is 14.9. The van der Waals surface area contributed by atoms with Crippen molar-refractivity contribution in [1.29, 1.82) is 0 Å². The van der Waals surface area contributed by atoms with Crippen LogP contribution in [0.1, 0.15) is 19.3 Å². The third-order valence-electron chi connectivity index (χ3n) is 4.02. The second-order valence-electron chi connectivity index (χ2n) is 6.13. The van der Waals surface area contributed by atoms with Gasteiger partial charge in [0.25, 0.3) is 0 Å². The number of unbranched alkanes of at least 4 members (excludes halogenated alkanes) is 1. The number of carbonyl (C=O) groups excluding carboxylic acids is 2. The molecule has 12 heteroatoms. The molecule has 0 radical (unpaired) electrons. The zero-order valence-corrected chi connectivity index (χ0v) is 14.9. The van der Waals surface area contributed by atoms with Crippen LogP contribution >= 0.6 is 0 Å². The van der Waals surface area contributed by atoms with Crippen molar-refractivity contribution in [3.05, 3.63) is 0 Å². The van der Waals surface area contributed by atoms with Gasteiger partial charge in [0.2, 0.25) is 5.91 Å². The first-order valence-corrected chi connectivity index (χ1v) is 8.65. The first-order chi connectivity index (χ1) is 12.8. The van der Waals surface area contributed by atoms with Gasteiger partial charge in [-0.1, -0.05) is 0 Å². The average molecular weight is 395 g/mol. The molecule has 0 aliphatic carbocycles. The van der Waals surface area contributed by atoms with Gasteiger partial charge in [-0.3, -0.25) is 4.79 Å². The van der Waals surface area contributed by atoms with Crippen LogP contribution in [-0.4, -0.2) is 95.5 Å². The number of nitrogens with one attached hydrogen (secondary N) is 1. The van der Waals surface area contributed by atoms with E-state index < -0.39 is 55.4 Å². The standard InChI is InChI=1S/C15H29N3O9/c16-8(3-1-2-5-26-15(17)24)13(23)18-4-6-25-14-12(22)11(21)10(20)9(7-19)27-14/h8-12,14,19-22H,1-7,16H2,(H2,17,24)(H,18,23)/t8-,9+,10+,11-,12-,14-/m0/s1. The zero-order chi connectivity index (χ0) is 20.4. The first-order valence-electron chi connectivity index (χ1n) is 8.65. The molecule has 1 heterocycles. The lowest BCUT2D eigenvalue weighted by Crippen LogP contribution is -2.59. The van der Waals surface area contributed by atoms with Crippen LogP contribution in [0.15, 0.2) is 0 Å². The normalized spacial score (nSPS) is 29.1. The average Bonchev–Trinajstić information content (AvgIpc) is 2.63. The maximum atomic E-state index is 11.8. The maximum absolute atomic E-state index is 11.8. The second kappa shape index (κ2) is 12.0. The van der Waals surface area contributed by atoms with E-state index in [4.69, 9.17) is 26.0 Å². The van der Waals surface area contributed by atoms with Crippen molar-refractivity contribution in [3.63, 3.8) is 0 Å². The highest BCUT2D eigenvalue weighted by molar-refractivity contribution is 5.81. The van der Waals surface area contributed by atoms with Gasteiger partial charge in [0, 0.05) is 6.54 Å². The molecule has 0 unspecified atom stereocenters. The summed E-state index contributed by atoms with van der Waals surface area (Å²) in [5.41, 5.74) is 10.6. The molecule has 0 aromatic carbocycles. The number of hydrogen-bond donors (Lipinski definition) is 7. The smallest absolute Gasteiger partial charge is 0.404 e. The van der Waals surface area contributed by atoms with Gasteiger partial charge in [0.1, 0.15) is 24.4 Å². The van der Waals surface area contributed by atoms with Crippen molar-refractivity contribution < 1.29 is 44.2 Å². The van der Waals surface area contributed by atoms with E-state index in [9.17, 15) is 24.9 Å². The van der Waals surface area contributed by atoms with Crippen LogP contribution in [-0.2, 0) is 19.0 Å². The van der Waals surface area contributed by atoms with Crippen LogP contribution in [0.2, 0.25) is 0 Å². The lowest BCUT2D eigenvalue weighted by molar-refractivity contribution is -0.300. The number of aliphatic hydroxyl groups excluding tert-OH is 4. The molecule has 9 N–H and O–H groups in total. The Labute approximate surface area is 156 Å². The molecule has 1 saturated heterocycles. The van der Waals surface area contributed by atoms with Crippen molar-refractivity contribution >= 4 is 12.0 Å². The van der Waals surface area contributed by atoms with Crippen molar-refractivity contribution in [1.82, 2.24) is 5.32 Å². The van der Waals surface area contributed by atoms with Gasteiger partial charge in [-0.05, 0) is 19.3 Å². The number of rotatable bonds is 11. The van der Waals surface area contributed by atoms with E-state index in [-0.39, 0.29) is 19.8 Å². The van der Waals surface area contributed by atoms with Crippen molar-refractivity contribution in [2.75, 3.05) is 26.4 Å². The third-order valence-corrected chi connectivity index (χ3v) is 4.02. The number of primary amides is 1. The molecule has 0 spiro atoms. The Morgan fingerprint density at radius 2 is 1.81 bits per heavy atom. The molecule has 27 heavy (non-hydrogen) atoms. The Kier molecular flexibility index (Phi) is 10.5. The molecule has 12 nitrogen and oxygen atoms in total. The van der Waals surface area contributed by atoms with Crippen molar-refractivity contribution in [2.24, 2.45) is 11.5 Å². The third kappa shape index (κ3) is 7.92. The Hall–Kier alpha value is -1.54. The van der Waals surface area contributed by atoms with Crippen LogP contribution in [0.4, 0.5) is 4.79 Å². The van der Waals surface area contributed by atoms with Crippen LogP contribution < -0.4 is 16.8 Å². The second-order valence-corrected chi connectivity index (χ2v) is 6.13. The fraction of sp³-hybridized carbons (Fsp3) is 0.867. The number of ether oxygens (including phenoxy) is 3. The van der Waals surface area contributed by atoms with Gasteiger partial charge in [-0.25, -0.2) is 4.79 Å². The van der Waals surface area contributed by atoms with E-state index in [1.54, 1.807) is 0 Å². The van der Waals surface area contributed by atoms with Crippen molar-refractivity contribution in [3.8, 4) is 0 Å². The topological polar surface area (TPSA) is 207 Å². The van der Waals surface area contributed by atoms with E-state index in [0.29, 0.717) is 19.3 Å². The molecule has 1 aliphatic heterocycles. The van der Waals surface area contributed by atoms with Crippen LogP contribution in [0.5, 0.6) is 0 Å². The molecule has 1 fully saturated rings. The summed E-state index contributed by atoms with van der Waals surface area (Å²) >= 11 is 0.